The van der Waals surface area contributed by atoms with Gasteiger partial charge in [-0.1, -0.05) is 61.9 Å². The molecule has 1 aliphatic carbocycles. The Morgan fingerprint density at radius 3 is 2.52 bits per heavy atom. The van der Waals surface area contributed by atoms with E-state index in [4.69, 9.17) is 5.73 Å². The lowest BCUT2D eigenvalue weighted by Gasteiger charge is -2.20. The number of hydrogen-bond acceptors (Lipinski definition) is 2. The summed E-state index contributed by atoms with van der Waals surface area (Å²) in [4.78, 5) is 0. The van der Waals surface area contributed by atoms with E-state index in [0.29, 0.717) is 11.7 Å². The van der Waals surface area contributed by atoms with Crippen LogP contribution in [-0.4, -0.2) is 10.2 Å². The molecule has 1 aromatic heterocycles. The zero-order chi connectivity index (χ0) is 14.7. The lowest BCUT2D eigenvalue weighted by atomic mass is 9.86. The number of aromatic amines is 1. The van der Waals surface area contributed by atoms with Crippen molar-refractivity contribution in [1.82, 2.24) is 10.2 Å². The van der Waals surface area contributed by atoms with Gasteiger partial charge in [0.1, 0.15) is 0 Å². The predicted molar refractivity (Wildman–Crippen MR) is 88.2 cm³/mol. The Bertz CT molecular complexity index is 592. The van der Waals surface area contributed by atoms with Gasteiger partial charge in [-0.3, -0.25) is 5.10 Å². The molecule has 0 unspecified atom stereocenters. The maximum absolute atomic E-state index is 6.16. The minimum Gasteiger partial charge on any atom is -0.382 e. The highest BCUT2D eigenvalue weighted by Gasteiger charge is 2.22. The molecule has 1 heterocycles. The van der Waals surface area contributed by atoms with Crippen LogP contribution in [0.3, 0.4) is 0 Å². The van der Waals surface area contributed by atoms with Crippen LogP contribution in [0.4, 0.5) is 5.82 Å². The second kappa shape index (κ2) is 6.33. The molecule has 0 aliphatic heterocycles. The summed E-state index contributed by atoms with van der Waals surface area (Å²) in [5.41, 5.74) is 11.0. The molecule has 3 rings (SSSR count). The van der Waals surface area contributed by atoms with Crippen LogP contribution in [0.5, 0.6) is 0 Å². The van der Waals surface area contributed by atoms with Crippen molar-refractivity contribution < 1.29 is 0 Å². The Morgan fingerprint density at radius 1 is 1.10 bits per heavy atom. The number of nitrogens with two attached hydrogens (primary N) is 1. The number of benzene rings is 1. The summed E-state index contributed by atoms with van der Waals surface area (Å²) in [6.07, 6.45) is 9.25. The van der Waals surface area contributed by atoms with Crippen LogP contribution in [0.2, 0.25) is 0 Å². The molecule has 1 aromatic carbocycles. The largest absolute Gasteiger partial charge is 0.382 e. The average Bonchev–Trinajstić information content (AvgIpc) is 2.80. The third kappa shape index (κ3) is 3.12. The summed E-state index contributed by atoms with van der Waals surface area (Å²) in [5.74, 6) is 1.21. The summed E-state index contributed by atoms with van der Waals surface area (Å²) < 4.78 is 0. The van der Waals surface area contributed by atoms with Crippen molar-refractivity contribution in [3.05, 3.63) is 35.5 Å². The second-order valence-corrected chi connectivity index (χ2v) is 6.31. The second-order valence-electron chi connectivity index (χ2n) is 6.31. The standard InChI is InChI=1S/C18H25N3/c1-13-8-7-11-15(12-13)16-17(20-21-18(16)19)14-9-5-3-2-4-6-10-14/h7-8,11-12,14H,2-6,9-10H2,1H3,(H3,19,20,21). The fraction of sp³-hybridized carbons (Fsp3) is 0.500. The first-order valence-corrected chi connectivity index (χ1v) is 8.16. The molecule has 1 aliphatic rings. The fourth-order valence-corrected chi connectivity index (χ4v) is 3.51. The summed E-state index contributed by atoms with van der Waals surface area (Å²) in [7, 11) is 0. The van der Waals surface area contributed by atoms with Gasteiger partial charge in [0.25, 0.3) is 0 Å². The number of anilines is 1. The number of rotatable bonds is 2. The van der Waals surface area contributed by atoms with Crippen molar-refractivity contribution in [1.29, 1.82) is 0 Å². The molecule has 0 atom stereocenters. The molecule has 112 valence electrons. The molecule has 3 heteroatoms. The number of nitrogens with one attached hydrogen (secondary N) is 1. The van der Waals surface area contributed by atoms with Gasteiger partial charge in [0.05, 0.1) is 0 Å². The van der Waals surface area contributed by atoms with E-state index in [0.717, 1.165) is 5.56 Å². The van der Waals surface area contributed by atoms with Crippen molar-refractivity contribution in [2.45, 2.75) is 57.8 Å². The van der Waals surface area contributed by atoms with Crippen LogP contribution in [0, 0.1) is 6.92 Å². The zero-order valence-corrected chi connectivity index (χ0v) is 12.9. The van der Waals surface area contributed by atoms with E-state index in [1.807, 2.05) is 0 Å². The Balaban J connectivity index is 1.96. The van der Waals surface area contributed by atoms with Crippen LogP contribution in [0.15, 0.2) is 24.3 Å². The molecule has 3 nitrogen and oxygen atoms in total. The average molecular weight is 283 g/mol. The van der Waals surface area contributed by atoms with Gasteiger partial charge in [0.2, 0.25) is 0 Å². The zero-order valence-electron chi connectivity index (χ0n) is 12.9. The van der Waals surface area contributed by atoms with E-state index >= 15 is 0 Å². The van der Waals surface area contributed by atoms with E-state index in [9.17, 15) is 0 Å². The smallest absolute Gasteiger partial charge is 0.153 e. The predicted octanol–water partition coefficient (Wildman–Crippen LogP) is 4.80. The van der Waals surface area contributed by atoms with Gasteiger partial charge in [0, 0.05) is 17.2 Å². The lowest BCUT2D eigenvalue weighted by molar-refractivity contribution is 0.449. The Labute approximate surface area is 127 Å². The Kier molecular flexibility index (Phi) is 4.28. The molecule has 0 bridgehead atoms. The molecule has 1 fully saturated rings. The third-order valence-corrected chi connectivity index (χ3v) is 4.64. The SMILES string of the molecule is Cc1cccc(-c2c(N)n[nH]c2C2CCCCCCC2)c1. The maximum atomic E-state index is 6.16. The van der Waals surface area contributed by atoms with Crippen LogP contribution < -0.4 is 5.73 Å². The molecule has 0 amide bonds. The van der Waals surface area contributed by atoms with Gasteiger partial charge in [-0.25, -0.2) is 0 Å². The van der Waals surface area contributed by atoms with E-state index in [1.165, 1.54) is 61.8 Å². The normalized spacial score (nSPS) is 17.4. The van der Waals surface area contributed by atoms with Crippen molar-refractivity contribution in [3.63, 3.8) is 0 Å². The number of aromatic nitrogens is 2. The summed E-state index contributed by atoms with van der Waals surface area (Å²) in [6.45, 7) is 2.12. The van der Waals surface area contributed by atoms with E-state index in [-0.39, 0.29) is 0 Å². The number of nitrogens with zero attached hydrogens (tertiary/aromatic N) is 1. The Morgan fingerprint density at radius 2 is 1.81 bits per heavy atom. The van der Waals surface area contributed by atoms with E-state index in [2.05, 4.69) is 41.4 Å². The molecule has 0 radical (unpaired) electrons. The van der Waals surface area contributed by atoms with Crippen LogP contribution in [0.25, 0.3) is 11.1 Å². The van der Waals surface area contributed by atoms with Crippen LogP contribution in [0.1, 0.15) is 62.1 Å². The van der Waals surface area contributed by atoms with Gasteiger partial charge in [-0.2, -0.15) is 5.10 Å². The molecule has 0 saturated heterocycles. The molecular weight excluding hydrogens is 258 g/mol. The number of hydrogen-bond donors (Lipinski definition) is 2. The number of aryl methyl sites for hydroxylation is 1. The molecule has 0 spiro atoms. The summed E-state index contributed by atoms with van der Waals surface area (Å²) >= 11 is 0. The minimum absolute atomic E-state index is 0.575. The van der Waals surface area contributed by atoms with Gasteiger partial charge in [-0.05, 0) is 25.3 Å². The number of H-pyrrole nitrogens is 1. The first kappa shape index (κ1) is 14.2. The lowest BCUT2D eigenvalue weighted by Crippen LogP contribution is -2.04. The number of nitrogen functional groups attached to an aromatic ring is 1. The van der Waals surface area contributed by atoms with Crippen LogP contribution in [-0.2, 0) is 0 Å². The molecule has 1 saturated carbocycles. The molecular formula is C18H25N3. The molecule has 21 heavy (non-hydrogen) atoms. The quantitative estimate of drug-likeness (QED) is 0.832. The Hall–Kier alpha value is -1.77. The highest BCUT2D eigenvalue weighted by molar-refractivity contribution is 5.77. The summed E-state index contributed by atoms with van der Waals surface area (Å²) in [5, 5.41) is 7.54. The van der Waals surface area contributed by atoms with Crippen LogP contribution >= 0.6 is 0 Å². The monoisotopic (exact) mass is 283 g/mol. The highest BCUT2D eigenvalue weighted by Crippen LogP contribution is 2.38. The van der Waals surface area contributed by atoms with Crippen molar-refractivity contribution in [2.75, 3.05) is 5.73 Å². The van der Waals surface area contributed by atoms with Crippen molar-refractivity contribution >= 4 is 5.82 Å². The van der Waals surface area contributed by atoms with E-state index < -0.39 is 0 Å². The van der Waals surface area contributed by atoms with Gasteiger partial charge >= 0.3 is 0 Å². The highest BCUT2D eigenvalue weighted by atomic mass is 15.2. The van der Waals surface area contributed by atoms with Gasteiger partial charge in [-0.15, -0.1) is 0 Å². The maximum Gasteiger partial charge on any atom is 0.153 e. The molecule has 2 aromatic rings. The summed E-state index contributed by atoms with van der Waals surface area (Å²) in [6, 6.07) is 8.56. The third-order valence-electron chi connectivity index (χ3n) is 4.64. The minimum atomic E-state index is 0.575. The topological polar surface area (TPSA) is 54.7 Å². The first-order valence-electron chi connectivity index (χ1n) is 8.16. The van der Waals surface area contributed by atoms with Crippen molar-refractivity contribution in [2.24, 2.45) is 0 Å². The van der Waals surface area contributed by atoms with Gasteiger partial charge in [0.15, 0.2) is 5.82 Å². The fourth-order valence-electron chi connectivity index (χ4n) is 3.51. The van der Waals surface area contributed by atoms with Crippen molar-refractivity contribution in [3.8, 4) is 11.1 Å². The molecule has 3 N–H and O–H groups in total. The first-order chi connectivity index (χ1) is 10.3. The van der Waals surface area contributed by atoms with E-state index in [1.54, 1.807) is 0 Å². The van der Waals surface area contributed by atoms with Gasteiger partial charge < -0.3 is 5.73 Å².